The molecule has 0 radical (unpaired) electrons. The average Bonchev–Trinajstić information content (AvgIpc) is 2.77. The lowest BCUT2D eigenvalue weighted by Crippen LogP contribution is -2.50. The second-order valence-corrected chi connectivity index (χ2v) is 7.53. The monoisotopic (exact) mass is 405 g/mol. The molecular weight excluding hydrogens is 370 g/mol. The molecule has 2 unspecified atom stereocenters. The number of nitrogens with zero attached hydrogens (tertiary/aromatic N) is 3. The first-order valence-corrected chi connectivity index (χ1v) is 10.4. The summed E-state index contributed by atoms with van der Waals surface area (Å²) in [6.45, 7) is 7.61. The van der Waals surface area contributed by atoms with Gasteiger partial charge in [-0.05, 0) is 24.7 Å². The summed E-state index contributed by atoms with van der Waals surface area (Å²) in [6.07, 6.45) is 0.184. The second-order valence-electron chi connectivity index (χ2n) is 7.53. The smallest absolute Gasteiger partial charge is 0.191 e. The molecule has 2 fully saturated rings. The first kappa shape index (κ1) is 21.8. The Balaban J connectivity index is 1.58. The summed E-state index contributed by atoms with van der Waals surface area (Å²) in [5, 5.41) is 6.91. The maximum atomic E-state index is 5.83. The summed E-state index contributed by atoms with van der Waals surface area (Å²) in [6, 6.07) is 8.56. The second kappa shape index (κ2) is 11.3. The Morgan fingerprint density at radius 1 is 1.17 bits per heavy atom. The van der Waals surface area contributed by atoms with Crippen LogP contribution in [0.3, 0.4) is 0 Å². The molecule has 8 nitrogen and oxygen atoms in total. The highest BCUT2D eigenvalue weighted by atomic mass is 16.5. The predicted octanol–water partition coefficient (Wildman–Crippen LogP) is 0.564. The number of ether oxygens (including phenoxy) is 3. The first-order chi connectivity index (χ1) is 14.2. The van der Waals surface area contributed by atoms with Crippen LogP contribution in [0.25, 0.3) is 0 Å². The van der Waals surface area contributed by atoms with Crippen LogP contribution in [-0.2, 0) is 9.47 Å². The number of likely N-dealkylation sites (N-methyl/N-ethyl adjacent to an activating group) is 1. The molecule has 8 heteroatoms. The van der Waals surface area contributed by atoms with Crippen LogP contribution in [0.2, 0.25) is 0 Å². The Morgan fingerprint density at radius 2 is 1.93 bits per heavy atom. The van der Waals surface area contributed by atoms with Gasteiger partial charge in [-0.15, -0.1) is 0 Å². The summed E-state index contributed by atoms with van der Waals surface area (Å²) in [4.78, 5) is 9.15. The minimum Gasteiger partial charge on any atom is -0.497 e. The van der Waals surface area contributed by atoms with Crippen molar-refractivity contribution in [1.82, 2.24) is 20.4 Å². The van der Waals surface area contributed by atoms with E-state index in [-0.39, 0.29) is 12.1 Å². The molecule has 1 aromatic rings. The van der Waals surface area contributed by atoms with Crippen LogP contribution in [0.1, 0.15) is 11.6 Å². The van der Waals surface area contributed by atoms with Gasteiger partial charge in [-0.1, -0.05) is 12.1 Å². The molecule has 0 saturated carbocycles. The molecule has 0 aliphatic carbocycles. The molecule has 3 rings (SSSR count). The molecule has 2 saturated heterocycles. The Kier molecular flexibility index (Phi) is 8.54. The number of hydrogen-bond acceptors (Lipinski definition) is 6. The molecule has 2 atom stereocenters. The molecule has 2 N–H and O–H groups in total. The highest BCUT2D eigenvalue weighted by Crippen LogP contribution is 2.23. The lowest BCUT2D eigenvalue weighted by atomic mass is 10.0. The van der Waals surface area contributed by atoms with E-state index in [0.29, 0.717) is 0 Å². The van der Waals surface area contributed by atoms with Gasteiger partial charge in [0.2, 0.25) is 0 Å². The van der Waals surface area contributed by atoms with Crippen LogP contribution in [0, 0.1) is 0 Å². The molecular formula is C21H35N5O3. The molecule has 0 amide bonds. The zero-order valence-electron chi connectivity index (χ0n) is 17.9. The van der Waals surface area contributed by atoms with Gasteiger partial charge in [0.15, 0.2) is 5.96 Å². The van der Waals surface area contributed by atoms with Crippen LogP contribution in [0.15, 0.2) is 29.3 Å². The lowest BCUT2D eigenvalue weighted by Gasteiger charge is -2.35. The Bertz CT molecular complexity index is 634. The van der Waals surface area contributed by atoms with Crippen molar-refractivity contribution < 1.29 is 14.2 Å². The topological polar surface area (TPSA) is 70.6 Å². The van der Waals surface area contributed by atoms with Crippen LogP contribution in [0.5, 0.6) is 5.75 Å². The zero-order chi connectivity index (χ0) is 20.5. The van der Waals surface area contributed by atoms with Crippen molar-refractivity contribution in [3.05, 3.63) is 29.8 Å². The van der Waals surface area contributed by atoms with Gasteiger partial charge < -0.3 is 29.7 Å². The lowest BCUT2D eigenvalue weighted by molar-refractivity contribution is -0.0161. The molecule has 0 spiro atoms. The molecule has 0 aromatic heterocycles. The Labute approximate surface area is 174 Å². The van der Waals surface area contributed by atoms with Gasteiger partial charge in [0.1, 0.15) is 5.75 Å². The fourth-order valence-electron chi connectivity index (χ4n) is 3.79. The van der Waals surface area contributed by atoms with Gasteiger partial charge in [-0.3, -0.25) is 9.89 Å². The number of rotatable bonds is 7. The van der Waals surface area contributed by atoms with Crippen molar-refractivity contribution in [2.45, 2.75) is 12.1 Å². The summed E-state index contributed by atoms with van der Waals surface area (Å²) in [7, 11) is 5.63. The van der Waals surface area contributed by atoms with Crippen LogP contribution >= 0.6 is 0 Å². The molecule has 2 heterocycles. The number of hydrogen-bond donors (Lipinski definition) is 2. The van der Waals surface area contributed by atoms with Crippen LogP contribution in [-0.4, -0.2) is 102 Å². The van der Waals surface area contributed by atoms with Crippen molar-refractivity contribution >= 4 is 5.96 Å². The predicted molar refractivity (Wildman–Crippen MR) is 115 cm³/mol. The normalized spacial score (nSPS) is 22.9. The number of aliphatic imine (C=N–C) groups is 1. The van der Waals surface area contributed by atoms with Crippen molar-refractivity contribution in [2.24, 2.45) is 4.99 Å². The summed E-state index contributed by atoms with van der Waals surface area (Å²) in [5.74, 6) is 1.67. The van der Waals surface area contributed by atoms with Gasteiger partial charge in [-0.2, -0.15) is 0 Å². The van der Waals surface area contributed by atoms with Gasteiger partial charge in [0.05, 0.1) is 39.1 Å². The fourth-order valence-corrected chi connectivity index (χ4v) is 3.79. The Hall–Kier alpha value is -1.87. The minimum atomic E-state index is 0.184. The SMILES string of the molecule is CN=C(NCC1CN(C)CCO1)NCC(c1ccc(OC)cc1)N1CCOCC1. The Morgan fingerprint density at radius 3 is 2.59 bits per heavy atom. The van der Waals surface area contributed by atoms with E-state index in [1.807, 2.05) is 12.1 Å². The van der Waals surface area contributed by atoms with E-state index in [9.17, 15) is 0 Å². The quantitative estimate of drug-likeness (QED) is 0.508. The van der Waals surface area contributed by atoms with Crippen molar-refractivity contribution in [2.75, 3.05) is 80.3 Å². The van der Waals surface area contributed by atoms with E-state index < -0.39 is 0 Å². The van der Waals surface area contributed by atoms with E-state index in [0.717, 1.165) is 70.8 Å². The third-order valence-electron chi connectivity index (χ3n) is 5.51. The van der Waals surface area contributed by atoms with Gasteiger partial charge >= 0.3 is 0 Å². The minimum absolute atomic E-state index is 0.184. The van der Waals surface area contributed by atoms with Crippen molar-refractivity contribution in [3.63, 3.8) is 0 Å². The van der Waals surface area contributed by atoms with E-state index in [4.69, 9.17) is 14.2 Å². The molecule has 2 aliphatic rings. The van der Waals surface area contributed by atoms with Gasteiger partial charge in [0, 0.05) is 46.3 Å². The molecule has 2 aliphatic heterocycles. The summed E-state index contributed by atoms with van der Waals surface area (Å²) < 4.78 is 16.7. The standard InChI is InChI=1S/C21H35N5O3/c1-22-21(23-14-19-16-25(2)8-13-29-19)24-15-20(26-9-11-28-12-10-26)17-4-6-18(27-3)7-5-17/h4-7,19-20H,8-16H2,1-3H3,(H2,22,23,24). The van der Waals surface area contributed by atoms with E-state index in [1.54, 1.807) is 14.2 Å². The number of nitrogens with one attached hydrogen (secondary N) is 2. The highest BCUT2D eigenvalue weighted by Gasteiger charge is 2.23. The highest BCUT2D eigenvalue weighted by molar-refractivity contribution is 5.79. The van der Waals surface area contributed by atoms with Gasteiger partial charge in [-0.25, -0.2) is 0 Å². The maximum Gasteiger partial charge on any atom is 0.191 e. The number of morpholine rings is 2. The van der Waals surface area contributed by atoms with Crippen LogP contribution < -0.4 is 15.4 Å². The molecule has 29 heavy (non-hydrogen) atoms. The van der Waals surface area contributed by atoms with E-state index in [2.05, 4.69) is 44.6 Å². The number of guanidine groups is 1. The van der Waals surface area contributed by atoms with Crippen molar-refractivity contribution in [1.29, 1.82) is 0 Å². The van der Waals surface area contributed by atoms with Crippen LogP contribution in [0.4, 0.5) is 0 Å². The van der Waals surface area contributed by atoms with E-state index >= 15 is 0 Å². The summed E-state index contributed by atoms with van der Waals surface area (Å²) >= 11 is 0. The van der Waals surface area contributed by atoms with E-state index in [1.165, 1.54) is 5.56 Å². The largest absolute Gasteiger partial charge is 0.497 e. The molecule has 0 bridgehead atoms. The third-order valence-corrected chi connectivity index (χ3v) is 5.51. The fraction of sp³-hybridized carbons (Fsp3) is 0.667. The molecule has 1 aromatic carbocycles. The average molecular weight is 406 g/mol. The third kappa shape index (κ3) is 6.57. The number of benzene rings is 1. The van der Waals surface area contributed by atoms with Gasteiger partial charge in [0.25, 0.3) is 0 Å². The van der Waals surface area contributed by atoms with Crippen molar-refractivity contribution in [3.8, 4) is 5.75 Å². The summed E-state index contributed by atoms with van der Waals surface area (Å²) in [5.41, 5.74) is 1.26. The maximum absolute atomic E-state index is 5.83. The number of methoxy groups -OCH3 is 1. The zero-order valence-corrected chi connectivity index (χ0v) is 17.9. The molecule has 162 valence electrons. The first-order valence-electron chi connectivity index (χ1n) is 10.4.